The van der Waals surface area contributed by atoms with Crippen LogP contribution < -0.4 is 5.32 Å². The van der Waals surface area contributed by atoms with Gasteiger partial charge in [0.1, 0.15) is 0 Å². The SMILES string of the molecule is CC(=O)NCc1ccc(C(=O)CSc2nnc(Cc3csc(C)n3)o2)cc1. The van der Waals surface area contributed by atoms with E-state index in [9.17, 15) is 9.59 Å². The van der Waals surface area contributed by atoms with Crippen LogP contribution in [0.2, 0.25) is 0 Å². The molecular weight excluding hydrogens is 384 g/mol. The number of nitrogens with zero attached hydrogens (tertiary/aromatic N) is 3. The monoisotopic (exact) mass is 402 g/mol. The highest BCUT2D eigenvalue weighted by Crippen LogP contribution is 2.20. The summed E-state index contributed by atoms with van der Waals surface area (Å²) in [5, 5.41) is 14.0. The second kappa shape index (κ2) is 8.92. The first kappa shape index (κ1) is 19.2. The molecule has 3 rings (SSSR count). The third-order valence-corrected chi connectivity index (χ3v) is 5.23. The van der Waals surface area contributed by atoms with Gasteiger partial charge in [-0.15, -0.1) is 21.5 Å². The van der Waals surface area contributed by atoms with Crippen molar-refractivity contribution in [3.8, 4) is 0 Å². The number of carbonyl (C=O) groups is 2. The highest BCUT2D eigenvalue weighted by atomic mass is 32.2. The van der Waals surface area contributed by atoms with Gasteiger partial charge in [0.2, 0.25) is 11.8 Å². The molecule has 0 radical (unpaired) electrons. The van der Waals surface area contributed by atoms with Gasteiger partial charge in [-0.3, -0.25) is 9.59 Å². The molecule has 1 N–H and O–H groups in total. The van der Waals surface area contributed by atoms with Crippen molar-refractivity contribution >= 4 is 34.8 Å². The molecule has 0 saturated carbocycles. The number of hydrogen-bond acceptors (Lipinski definition) is 8. The highest BCUT2D eigenvalue weighted by molar-refractivity contribution is 7.99. The number of ketones is 1. The maximum atomic E-state index is 12.3. The number of nitrogens with one attached hydrogen (secondary N) is 1. The molecule has 0 aliphatic carbocycles. The van der Waals surface area contributed by atoms with Crippen molar-refractivity contribution in [3.63, 3.8) is 0 Å². The van der Waals surface area contributed by atoms with Gasteiger partial charge in [-0.25, -0.2) is 4.98 Å². The lowest BCUT2D eigenvalue weighted by Crippen LogP contribution is -2.18. The first-order valence-corrected chi connectivity index (χ1v) is 10.1. The van der Waals surface area contributed by atoms with Crippen molar-refractivity contribution in [3.05, 3.63) is 57.4 Å². The van der Waals surface area contributed by atoms with Gasteiger partial charge < -0.3 is 9.73 Å². The van der Waals surface area contributed by atoms with E-state index in [1.807, 2.05) is 24.4 Å². The second-order valence-electron chi connectivity index (χ2n) is 5.81. The van der Waals surface area contributed by atoms with E-state index in [1.54, 1.807) is 23.5 Å². The summed E-state index contributed by atoms with van der Waals surface area (Å²) in [5.41, 5.74) is 2.44. The van der Waals surface area contributed by atoms with Crippen molar-refractivity contribution in [2.75, 3.05) is 5.75 Å². The summed E-state index contributed by atoms with van der Waals surface area (Å²) in [6, 6.07) is 7.16. The molecule has 0 spiro atoms. The number of amides is 1. The molecule has 1 amide bonds. The molecule has 0 unspecified atom stereocenters. The number of thiazole rings is 1. The summed E-state index contributed by atoms with van der Waals surface area (Å²) < 4.78 is 5.57. The third kappa shape index (κ3) is 5.73. The average Bonchev–Trinajstić information content (AvgIpc) is 3.27. The standard InChI is InChI=1S/C18H18N4O3S2/c1-11(23)19-8-13-3-5-14(6-4-13)16(24)10-27-18-22-21-17(25-18)7-15-9-26-12(2)20-15/h3-6,9H,7-8,10H2,1-2H3,(H,19,23). The van der Waals surface area contributed by atoms with Crippen molar-refractivity contribution in [1.29, 1.82) is 0 Å². The van der Waals surface area contributed by atoms with E-state index >= 15 is 0 Å². The van der Waals surface area contributed by atoms with Gasteiger partial charge in [-0.05, 0) is 12.5 Å². The van der Waals surface area contributed by atoms with E-state index in [2.05, 4.69) is 20.5 Å². The molecular formula is C18H18N4O3S2. The molecule has 27 heavy (non-hydrogen) atoms. The zero-order chi connectivity index (χ0) is 19.2. The number of aryl methyl sites for hydroxylation is 1. The van der Waals surface area contributed by atoms with Crippen LogP contribution in [0.3, 0.4) is 0 Å². The molecule has 0 saturated heterocycles. The lowest BCUT2D eigenvalue weighted by molar-refractivity contribution is -0.119. The number of rotatable bonds is 8. The van der Waals surface area contributed by atoms with E-state index in [0.717, 1.165) is 16.3 Å². The van der Waals surface area contributed by atoms with Crippen molar-refractivity contribution in [2.45, 2.75) is 32.0 Å². The predicted octanol–water partition coefficient (Wildman–Crippen LogP) is 3.04. The fourth-order valence-electron chi connectivity index (χ4n) is 2.26. The molecule has 0 fully saturated rings. The molecule has 1 aromatic carbocycles. The Balaban J connectivity index is 1.51. The Bertz CT molecular complexity index is 934. The average molecular weight is 403 g/mol. The van der Waals surface area contributed by atoms with E-state index < -0.39 is 0 Å². The van der Waals surface area contributed by atoms with Crippen LogP contribution >= 0.6 is 23.1 Å². The molecule has 7 nitrogen and oxygen atoms in total. The van der Waals surface area contributed by atoms with Crippen LogP contribution in [0.5, 0.6) is 0 Å². The molecule has 0 atom stereocenters. The molecule has 9 heteroatoms. The second-order valence-corrected chi connectivity index (χ2v) is 7.80. The Hall–Kier alpha value is -2.52. The number of Topliss-reactive ketones (excluding diaryl/α,β-unsaturated/α-hetero) is 1. The molecule has 140 valence electrons. The normalized spacial score (nSPS) is 10.7. The molecule has 2 aromatic heterocycles. The van der Waals surface area contributed by atoms with Gasteiger partial charge in [0.15, 0.2) is 5.78 Å². The van der Waals surface area contributed by atoms with Crippen molar-refractivity contribution in [2.24, 2.45) is 0 Å². The Morgan fingerprint density at radius 3 is 2.67 bits per heavy atom. The maximum absolute atomic E-state index is 12.3. The molecule has 0 aliphatic heterocycles. The van der Waals surface area contributed by atoms with Gasteiger partial charge in [-0.2, -0.15) is 0 Å². The van der Waals surface area contributed by atoms with Gasteiger partial charge in [0, 0.05) is 24.4 Å². The fraction of sp³-hybridized carbons (Fsp3) is 0.278. The highest BCUT2D eigenvalue weighted by Gasteiger charge is 2.12. The van der Waals surface area contributed by atoms with Crippen LogP contribution in [-0.4, -0.2) is 32.6 Å². The smallest absolute Gasteiger partial charge is 0.277 e. The zero-order valence-electron chi connectivity index (χ0n) is 14.9. The fourth-order valence-corrected chi connectivity index (χ4v) is 3.55. The Morgan fingerprint density at radius 2 is 2.00 bits per heavy atom. The topological polar surface area (TPSA) is 98.0 Å². The van der Waals surface area contributed by atoms with E-state index in [-0.39, 0.29) is 17.4 Å². The number of carbonyl (C=O) groups excluding carboxylic acids is 2. The number of benzene rings is 1. The number of thioether (sulfide) groups is 1. The van der Waals surface area contributed by atoms with Crippen LogP contribution in [0.1, 0.15) is 39.4 Å². The van der Waals surface area contributed by atoms with Gasteiger partial charge in [-0.1, -0.05) is 36.0 Å². The maximum Gasteiger partial charge on any atom is 0.277 e. The summed E-state index contributed by atoms with van der Waals surface area (Å²) in [7, 11) is 0. The first-order chi connectivity index (χ1) is 13.0. The molecule has 0 bridgehead atoms. The third-order valence-electron chi connectivity index (χ3n) is 3.59. The molecule has 2 heterocycles. The van der Waals surface area contributed by atoms with Crippen LogP contribution in [-0.2, 0) is 17.8 Å². The van der Waals surface area contributed by atoms with Crippen LogP contribution in [0.15, 0.2) is 39.3 Å². The zero-order valence-corrected chi connectivity index (χ0v) is 16.5. The van der Waals surface area contributed by atoms with Crippen LogP contribution in [0, 0.1) is 6.92 Å². The Kier molecular flexibility index (Phi) is 6.36. The predicted molar refractivity (Wildman–Crippen MR) is 103 cm³/mol. The lowest BCUT2D eigenvalue weighted by atomic mass is 10.1. The van der Waals surface area contributed by atoms with Gasteiger partial charge >= 0.3 is 0 Å². The van der Waals surface area contributed by atoms with Gasteiger partial charge in [0.25, 0.3) is 5.22 Å². The van der Waals surface area contributed by atoms with Crippen LogP contribution in [0.4, 0.5) is 0 Å². The van der Waals surface area contributed by atoms with E-state index in [0.29, 0.717) is 29.6 Å². The summed E-state index contributed by atoms with van der Waals surface area (Å²) in [5.74, 6) is 0.580. The summed E-state index contributed by atoms with van der Waals surface area (Å²) in [6.45, 7) is 3.86. The summed E-state index contributed by atoms with van der Waals surface area (Å²) in [6.07, 6.45) is 0.488. The van der Waals surface area contributed by atoms with E-state index in [1.165, 1.54) is 18.7 Å². The van der Waals surface area contributed by atoms with Gasteiger partial charge in [0.05, 0.1) is 22.9 Å². The number of aromatic nitrogens is 3. The van der Waals surface area contributed by atoms with Crippen LogP contribution in [0.25, 0.3) is 0 Å². The Morgan fingerprint density at radius 1 is 1.22 bits per heavy atom. The summed E-state index contributed by atoms with van der Waals surface area (Å²) >= 11 is 2.79. The molecule has 3 aromatic rings. The summed E-state index contributed by atoms with van der Waals surface area (Å²) in [4.78, 5) is 27.6. The molecule has 0 aliphatic rings. The minimum Gasteiger partial charge on any atom is -0.416 e. The lowest BCUT2D eigenvalue weighted by Gasteiger charge is -2.04. The minimum atomic E-state index is -0.0876. The first-order valence-electron chi connectivity index (χ1n) is 8.22. The number of hydrogen-bond donors (Lipinski definition) is 1. The Labute approximate surface area is 164 Å². The minimum absolute atomic E-state index is 0.0269. The van der Waals surface area contributed by atoms with E-state index in [4.69, 9.17) is 4.42 Å². The van der Waals surface area contributed by atoms with Crippen molar-refractivity contribution in [1.82, 2.24) is 20.5 Å². The van der Waals surface area contributed by atoms with Crippen molar-refractivity contribution < 1.29 is 14.0 Å². The largest absolute Gasteiger partial charge is 0.416 e. The quantitative estimate of drug-likeness (QED) is 0.457.